The zero-order chi connectivity index (χ0) is 18.4. The fraction of sp³-hybridized carbons (Fsp3) is 0.300. The van der Waals surface area contributed by atoms with Gasteiger partial charge in [-0.2, -0.15) is 0 Å². The molecule has 0 atom stereocenters. The van der Waals surface area contributed by atoms with Crippen LogP contribution in [0.4, 0.5) is 5.82 Å². The van der Waals surface area contributed by atoms with Gasteiger partial charge in [0.2, 0.25) is 0 Å². The zero-order valence-corrected chi connectivity index (χ0v) is 15.4. The average Bonchev–Trinajstić information content (AvgIpc) is 2.65. The molecule has 2 aromatic carbocycles. The Morgan fingerprint density at radius 3 is 2.42 bits per heavy atom. The van der Waals surface area contributed by atoms with E-state index >= 15 is 0 Å². The lowest BCUT2D eigenvalue weighted by molar-refractivity contribution is 0.331. The van der Waals surface area contributed by atoms with Gasteiger partial charge in [0, 0.05) is 5.39 Å². The number of para-hydroxylation sites is 1. The summed E-state index contributed by atoms with van der Waals surface area (Å²) in [5, 5.41) is 4.39. The summed E-state index contributed by atoms with van der Waals surface area (Å²) < 4.78 is 10.9. The van der Waals surface area contributed by atoms with E-state index in [1.807, 2.05) is 62.6 Å². The molecular weight excluding hydrogens is 328 g/mol. The summed E-state index contributed by atoms with van der Waals surface area (Å²) >= 11 is 0. The van der Waals surface area contributed by atoms with Crippen molar-refractivity contribution in [3.63, 3.8) is 0 Å². The van der Waals surface area contributed by atoms with Crippen LogP contribution in [0.1, 0.15) is 5.82 Å². The van der Waals surface area contributed by atoms with Crippen molar-refractivity contribution in [3.05, 3.63) is 54.4 Å². The zero-order valence-electron chi connectivity index (χ0n) is 15.4. The van der Waals surface area contributed by atoms with E-state index in [9.17, 15) is 0 Å². The van der Waals surface area contributed by atoms with Gasteiger partial charge < -0.3 is 19.7 Å². The lowest BCUT2D eigenvalue weighted by Crippen LogP contribution is -2.16. The number of hydrogen-bond acceptors (Lipinski definition) is 6. The maximum absolute atomic E-state index is 5.76. The molecule has 6 heteroatoms. The van der Waals surface area contributed by atoms with Crippen LogP contribution in [0.5, 0.6) is 11.5 Å². The molecule has 0 fully saturated rings. The highest BCUT2D eigenvalue weighted by molar-refractivity contribution is 5.88. The van der Waals surface area contributed by atoms with Crippen molar-refractivity contribution in [1.82, 2.24) is 14.9 Å². The highest BCUT2D eigenvalue weighted by Gasteiger charge is 2.08. The van der Waals surface area contributed by atoms with Gasteiger partial charge in [0.15, 0.2) is 0 Å². The fourth-order valence-corrected chi connectivity index (χ4v) is 2.62. The molecule has 0 spiro atoms. The van der Waals surface area contributed by atoms with Crippen LogP contribution in [0.2, 0.25) is 0 Å². The number of hydrogen-bond donors (Lipinski definition) is 1. The number of nitrogens with zero attached hydrogens (tertiary/aromatic N) is 3. The predicted octanol–water partition coefficient (Wildman–Crippen LogP) is 3.19. The molecule has 0 saturated carbocycles. The number of benzene rings is 2. The molecule has 1 N–H and O–H groups in total. The third kappa shape index (κ3) is 4.61. The minimum Gasteiger partial charge on any atom is -0.497 e. The molecule has 3 aromatic rings. The van der Waals surface area contributed by atoms with Crippen LogP contribution >= 0.6 is 0 Å². The van der Waals surface area contributed by atoms with E-state index in [0.717, 1.165) is 34.0 Å². The highest BCUT2D eigenvalue weighted by atomic mass is 16.5. The van der Waals surface area contributed by atoms with Crippen LogP contribution in [0.3, 0.4) is 0 Å². The van der Waals surface area contributed by atoms with Crippen molar-refractivity contribution in [2.75, 3.05) is 39.7 Å². The first kappa shape index (κ1) is 17.9. The molecule has 0 amide bonds. The Morgan fingerprint density at radius 1 is 0.962 bits per heavy atom. The van der Waals surface area contributed by atoms with Gasteiger partial charge in [-0.1, -0.05) is 12.1 Å². The SMILES string of the molecule is COc1ccc(OCCNc2nc(CN(C)C)nc3ccccc23)cc1. The summed E-state index contributed by atoms with van der Waals surface area (Å²) in [6.07, 6.45) is 0. The molecule has 136 valence electrons. The molecule has 0 bridgehead atoms. The standard InChI is InChI=1S/C20H24N4O2/c1-24(2)14-19-22-18-7-5-4-6-17(18)20(23-19)21-12-13-26-16-10-8-15(25-3)9-11-16/h4-11H,12-14H2,1-3H3,(H,21,22,23). The van der Waals surface area contributed by atoms with Crippen molar-refractivity contribution in [2.24, 2.45) is 0 Å². The molecule has 6 nitrogen and oxygen atoms in total. The summed E-state index contributed by atoms with van der Waals surface area (Å²) in [6, 6.07) is 15.6. The Hall–Kier alpha value is -2.86. The highest BCUT2D eigenvalue weighted by Crippen LogP contribution is 2.20. The minimum atomic E-state index is 0.535. The summed E-state index contributed by atoms with van der Waals surface area (Å²) in [4.78, 5) is 11.4. The maximum Gasteiger partial charge on any atom is 0.145 e. The predicted molar refractivity (Wildman–Crippen MR) is 104 cm³/mol. The molecule has 0 radical (unpaired) electrons. The van der Waals surface area contributed by atoms with Gasteiger partial charge in [0.25, 0.3) is 0 Å². The third-order valence-corrected chi connectivity index (χ3v) is 3.83. The Morgan fingerprint density at radius 2 is 1.69 bits per heavy atom. The summed E-state index contributed by atoms with van der Waals surface area (Å²) in [7, 11) is 5.67. The van der Waals surface area contributed by atoms with Crippen molar-refractivity contribution in [2.45, 2.75) is 6.54 Å². The van der Waals surface area contributed by atoms with E-state index in [-0.39, 0.29) is 0 Å². The number of nitrogens with one attached hydrogen (secondary N) is 1. The van der Waals surface area contributed by atoms with Gasteiger partial charge >= 0.3 is 0 Å². The van der Waals surface area contributed by atoms with Crippen LogP contribution in [-0.2, 0) is 6.54 Å². The van der Waals surface area contributed by atoms with Crippen molar-refractivity contribution < 1.29 is 9.47 Å². The van der Waals surface area contributed by atoms with Crippen LogP contribution in [0, 0.1) is 0 Å². The van der Waals surface area contributed by atoms with Crippen molar-refractivity contribution in [3.8, 4) is 11.5 Å². The average molecular weight is 352 g/mol. The Bertz CT molecular complexity index is 850. The number of anilines is 1. The maximum atomic E-state index is 5.76. The smallest absolute Gasteiger partial charge is 0.145 e. The first-order valence-electron chi connectivity index (χ1n) is 8.57. The van der Waals surface area contributed by atoms with E-state index in [1.165, 1.54) is 0 Å². The number of rotatable bonds is 8. The Labute approximate surface area is 153 Å². The van der Waals surface area contributed by atoms with E-state index in [1.54, 1.807) is 7.11 Å². The minimum absolute atomic E-state index is 0.535. The Balaban J connectivity index is 1.65. The Kier molecular flexibility index (Phi) is 5.86. The molecule has 0 aliphatic heterocycles. The molecule has 1 heterocycles. The second-order valence-electron chi connectivity index (χ2n) is 6.19. The van der Waals surface area contributed by atoms with Gasteiger partial charge in [0.05, 0.1) is 25.7 Å². The van der Waals surface area contributed by atoms with Crippen molar-refractivity contribution >= 4 is 16.7 Å². The van der Waals surface area contributed by atoms with Gasteiger partial charge in [-0.05, 0) is 50.5 Å². The van der Waals surface area contributed by atoms with Crippen LogP contribution < -0.4 is 14.8 Å². The van der Waals surface area contributed by atoms with Crippen LogP contribution in [0.15, 0.2) is 48.5 Å². The molecule has 0 aliphatic rings. The number of methoxy groups -OCH3 is 1. The topological polar surface area (TPSA) is 59.5 Å². The molecule has 0 aliphatic carbocycles. The molecule has 26 heavy (non-hydrogen) atoms. The second-order valence-corrected chi connectivity index (χ2v) is 6.19. The summed E-state index contributed by atoms with van der Waals surface area (Å²) in [6.45, 7) is 1.88. The van der Waals surface area contributed by atoms with E-state index in [4.69, 9.17) is 9.47 Å². The molecular formula is C20H24N4O2. The largest absolute Gasteiger partial charge is 0.497 e. The quantitative estimate of drug-likeness (QED) is 0.628. The van der Waals surface area contributed by atoms with Gasteiger partial charge in [0.1, 0.15) is 29.7 Å². The lowest BCUT2D eigenvalue weighted by Gasteiger charge is -2.13. The van der Waals surface area contributed by atoms with Crippen LogP contribution in [-0.4, -0.2) is 49.2 Å². The van der Waals surface area contributed by atoms with E-state index in [0.29, 0.717) is 19.7 Å². The number of fused-ring (bicyclic) bond motifs is 1. The van der Waals surface area contributed by atoms with Gasteiger partial charge in [-0.3, -0.25) is 0 Å². The number of ether oxygens (including phenoxy) is 2. The molecule has 0 saturated heterocycles. The molecule has 3 rings (SSSR count). The summed E-state index contributed by atoms with van der Waals surface area (Å²) in [5.41, 5.74) is 0.943. The lowest BCUT2D eigenvalue weighted by atomic mass is 10.2. The normalized spacial score (nSPS) is 10.9. The second kappa shape index (κ2) is 8.49. The van der Waals surface area contributed by atoms with E-state index in [2.05, 4.69) is 20.2 Å². The molecule has 1 aromatic heterocycles. The fourth-order valence-electron chi connectivity index (χ4n) is 2.62. The van der Waals surface area contributed by atoms with Crippen LogP contribution in [0.25, 0.3) is 10.9 Å². The number of aromatic nitrogens is 2. The van der Waals surface area contributed by atoms with Gasteiger partial charge in [-0.15, -0.1) is 0 Å². The summed E-state index contributed by atoms with van der Waals surface area (Å²) in [5.74, 6) is 3.27. The first-order chi connectivity index (χ1) is 12.7. The monoisotopic (exact) mass is 352 g/mol. The molecule has 0 unspecified atom stereocenters. The van der Waals surface area contributed by atoms with Gasteiger partial charge in [-0.25, -0.2) is 9.97 Å². The van der Waals surface area contributed by atoms with E-state index < -0.39 is 0 Å². The van der Waals surface area contributed by atoms with Crippen molar-refractivity contribution in [1.29, 1.82) is 0 Å². The first-order valence-corrected chi connectivity index (χ1v) is 8.57. The third-order valence-electron chi connectivity index (χ3n) is 3.83.